The highest BCUT2D eigenvalue weighted by molar-refractivity contribution is 7.11. The third-order valence-corrected chi connectivity index (χ3v) is 5.87. The number of rotatable bonds is 8. The first kappa shape index (κ1) is 22.1. The van der Waals surface area contributed by atoms with Crippen molar-refractivity contribution in [3.63, 3.8) is 0 Å². The van der Waals surface area contributed by atoms with E-state index in [1.54, 1.807) is 14.2 Å². The number of aromatic nitrogens is 1. The second-order valence-electron chi connectivity index (χ2n) is 7.09. The summed E-state index contributed by atoms with van der Waals surface area (Å²) < 4.78 is 16.7. The number of hydrogen-bond donors (Lipinski definition) is 0. The molecule has 0 bridgehead atoms. The van der Waals surface area contributed by atoms with Gasteiger partial charge in [-0.15, -0.1) is 11.3 Å². The average Bonchev–Trinajstić information content (AvgIpc) is 3.37. The van der Waals surface area contributed by atoms with E-state index < -0.39 is 0 Å². The van der Waals surface area contributed by atoms with E-state index in [2.05, 4.69) is 6.07 Å². The van der Waals surface area contributed by atoms with Gasteiger partial charge in [0, 0.05) is 16.5 Å². The van der Waals surface area contributed by atoms with Crippen molar-refractivity contribution in [2.45, 2.75) is 6.61 Å². The van der Waals surface area contributed by atoms with E-state index in [9.17, 15) is 5.26 Å². The van der Waals surface area contributed by atoms with E-state index in [4.69, 9.17) is 19.2 Å². The monoisotopic (exact) mass is 454 g/mol. The second-order valence-corrected chi connectivity index (χ2v) is 7.95. The van der Waals surface area contributed by atoms with Crippen LogP contribution in [0.25, 0.3) is 22.9 Å². The number of allylic oxidation sites excluding steroid dienone is 1. The number of para-hydroxylation sites is 1. The van der Waals surface area contributed by atoms with E-state index in [1.807, 2.05) is 84.3 Å². The van der Waals surface area contributed by atoms with Crippen molar-refractivity contribution in [2.24, 2.45) is 0 Å². The van der Waals surface area contributed by atoms with Crippen molar-refractivity contribution in [1.29, 1.82) is 5.26 Å². The largest absolute Gasteiger partial charge is 0.493 e. The average molecular weight is 455 g/mol. The Bertz CT molecular complexity index is 1310. The van der Waals surface area contributed by atoms with Crippen molar-refractivity contribution >= 4 is 23.0 Å². The molecule has 3 aromatic carbocycles. The number of hydrogen-bond acceptors (Lipinski definition) is 6. The highest BCUT2D eigenvalue weighted by Gasteiger charge is 2.13. The van der Waals surface area contributed by atoms with E-state index in [0.29, 0.717) is 34.4 Å². The van der Waals surface area contributed by atoms with Gasteiger partial charge in [-0.3, -0.25) is 0 Å². The van der Waals surface area contributed by atoms with Gasteiger partial charge in [0.1, 0.15) is 23.4 Å². The van der Waals surface area contributed by atoms with Crippen LogP contribution in [0.1, 0.15) is 16.1 Å². The van der Waals surface area contributed by atoms with Gasteiger partial charge in [0.25, 0.3) is 0 Å². The Balaban J connectivity index is 1.60. The molecule has 0 aliphatic carbocycles. The predicted molar refractivity (Wildman–Crippen MR) is 131 cm³/mol. The molecule has 0 atom stereocenters. The van der Waals surface area contributed by atoms with Crippen LogP contribution in [0.3, 0.4) is 0 Å². The van der Waals surface area contributed by atoms with Crippen LogP contribution < -0.4 is 14.2 Å². The minimum Gasteiger partial charge on any atom is -0.493 e. The molecule has 164 valence electrons. The molecule has 0 spiro atoms. The summed E-state index contributed by atoms with van der Waals surface area (Å²) in [5.74, 6) is 2.00. The van der Waals surface area contributed by atoms with Gasteiger partial charge < -0.3 is 14.2 Å². The van der Waals surface area contributed by atoms with Crippen LogP contribution in [0, 0.1) is 11.3 Å². The Hall–Kier alpha value is -4.08. The Kier molecular flexibility index (Phi) is 7.03. The van der Waals surface area contributed by atoms with Crippen LogP contribution in [-0.4, -0.2) is 19.2 Å². The summed E-state index contributed by atoms with van der Waals surface area (Å²) in [6.07, 6.45) is 1.82. The molecule has 5 nitrogen and oxygen atoms in total. The molecular formula is C27H22N2O3S. The van der Waals surface area contributed by atoms with Crippen LogP contribution in [-0.2, 0) is 6.61 Å². The lowest BCUT2D eigenvalue weighted by atomic mass is 10.1. The van der Waals surface area contributed by atoms with Crippen molar-refractivity contribution in [3.8, 4) is 34.6 Å². The number of thiazole rings is 1. The normalized spacial score (nSPS) is 11.0. The topological polar surface area (TPSA) is 64.4 Å². The third-order valence-electron chi connectivity index (χ3n) is 4.99. The second kappa shape index (κ2) is 10.5. The lowest BCUT2D eigenvalue weighted by Gasteiger charge is -2.09. The maximum atomic E-state index is 9.84. The van der Waals surface area contributed by atoms with E-state index in [-0.39, 0.29) is 0 Å². The maximum absolute atomic E-state index is 9.84. The first-order valence-electron chi connectivity index (χ1n) is 10.3. The zero-order chi connectivity index (χ0) is 23.0. The van der Waals surface area contributed by atoms with Crippen molar-refractivity contribution in [2.75, 3.05) is 14.2 Å². The third kappa shape index (κ3) is 5.22. The van der Waals surface area contributed by atoms with Crippen molar-refractivity contribution < 1.29 is 14.2 Å². The number of methoxy groups -OCH3 is 2. The van der Waals surface area contributed by atoms with Crippen LogP contribution >= 0.6 is 11.3 Å². The number of nitriles is 1. The molecule has 33 heavy (non-hydrogen) atoms. The fourth-order valence-electron chi connectivity index (χ4n) is 3.29. The Morgan fingerprint density at radius 1 is 0.939 bits per heavy atom. The molecule has 0 saturated heterocycles. The Morgan fingerprint density at radius 3 is 2.45 bits per heavy atom. The zero-order valence-electron chi connectivity index (χ0n) is 18.3. The molecule has 1 heterocycles. The summed E-state index contributed by atoms with van der Waals surface area (Å²) in [6.45, 7) is 0.453. The Labute approximate surface area is 197 Å². The molecular weight excluding hydrogens is 432 g/mol. The SMILES string of the molecule is COc1ccc(-c2csc(C(C#N)=Cc3ccccc3OCc3ccccc3)n2)cc1OC. The molecule has 0 aliphatic rings. The van der Waals surface area contributed by atoms with E-state index in [1.165, 1.54) is 11.3 Å². The highest BCUT2D eigenvalue weighted by atomic mass is 32.1. The molecule has 0 saturated carbocycles. The van der Waals surface area contributed by atoms with Gasteiger partial charge in [-0.05, 0) is 35.9 Å². The summed E-state index contributed by atoms with van der Waals surface area (Å²) in [7, 11) is 3.20. The van der Waals surface area contributed by atoms with Crippen molar-refractivity contribution in [3.05, 3.63) is 94.3 Å². The first-order chi connectivity index (χ1) is 16.2. The van der Waals surface area contributed by atoms with Crippen LogP contribution in [0.15, 0.2) is 78.2 Å². The lowest BCUT2D eigenvalue weighted by molar-refractivity contribution is 0.305. The number of benzene rings is 3. The molecule has 0 unspecified atom stereocenters. The lowest BCUT2D eigenvalue weighted by Crippen LogP contribution is -1.96. The van der Waals surface area contributed by atoms with E-state index >= 15 is 0 Å². The summed E-state index contributed by atoms with van der Waals surface area (Å²) >= 11 is 1.42. The Morgan fingerprint density at radius 2 is 1.70 bits per heavy atom. The molecule has 0 amide bonds. The van der Waals surface area contributed by atoms with Gasteiger partial charge in [-0.1, -0.05) is 48.5 Å². The molecule has 0 fully saturated rings. The number of ether oxygens (including phenoxy) is 3. The number of nitrogens with zero attached hydrogens (tertiary/aromatic N) is 2. The van der Waals surface area contributed by atoms with Crippen LogP contribution in [0.2, 0.25) is 0 Å². The summed E-state index contributed by atoms with van der Waals surface area (Å²) in [6, 6.07) is 25.6. The molecule has 1 aromatic heterocycles. The molecule has 0 N–H and O–H groups in total. The highest BCUT2D eigenvalue weighted by Crippen LogP contribution is 2.34. The molecule has 6 heteroatoms. The fourth-order valence-corrected chi connectivity index (χ4v) is 4.08. The van der Waals surface area contributed by atoms with Gasteiger partial charge in [0.2, 0.25) is 0 Å². The molecule has 4 rings (SSSR count). The van der Waals surface area contributed by atoms with Gasteiger partial charge in [0.05, 0.1) is 25.5 Å². The maximum Gasteiger partial charge on any atom is 0.161 e. The minimum atomic E-state index is 0.453. The summed E-state index contributed by atoms with van der Waals surface area (Å²) in [5.41, 5.74) is 4.04. The quantitative estimate of drug-likeness (QED) is 0.286. The standard InChI is InChI=1S/C27H22N2O3S/c1-30-25-13-12-20(15-26(25)31-2)23-18-33-27(29-23)22(16-28)14-21-10-6-7-11-24(21)32-17-19-8-4-3-5-9-19/h3-15,18H,17H2,1-2H3. The molecule has 0 aliphatic heterocycles. The van der Waals surface area contributed by atoms with Gasteiger partial charge >= 0.3 is 0 Å². The fraction of sp³-hybridized carbons (Fsp3) is 0.111. The molecule has 0 radical (unpaired) electrons. The van der Waals surface area contributed by atoms with Gasteiger partial charge in [-0.25, -0.2) is 4.98 Å². The summed E-state index contributed by atoms with van der Waals surface area (Å²) in [5, 5.41) is 12.4. The van der Waals surface area contributed by atoms with Gasteiger partial charge in [0.15, 0.2) is 11.5 Å². The zero-order valence-corrected chi connectivity index (χ0v) is 19.1. The van der Waals surface area contributed by atoms with Crippen LogP contribution in [0.5, 0.6) is 17.2 Å². The smallest absolute Gasteiger partial charge is 0.161 e. The van der Waals surface area contributed by atoms with Gasteiger partial charge in [-0.2, -0.15) is 5.26 Å². The minimum absolute atomic E-state index is 0.453. The van der Waals surface area contributed by atoms with Crippen molar-refractivity contribution in [1.82, 2.24) is 4.98 Å². The molecule has 4 aromatic rings. The first-order valence-corrected chi connectivity index (χ1v) is 11.2. The predicted octanol–water partition coefficient (Wildman–Crippen LogP) is 6.47. The van der Waals surface area contributed by atoms with E-state index in [0.717, 1.165) is 22.4 Å². The summed E-state index contributed by atoms with van der Waals surface area (Å²) in [4.78, 5) is 4.69. The van der Waals surface area contributed by atoms with Crippen LogP contribution in [0.4, 0.5) is 0 Å².